The van der Waals surface area contributed by atoms with E-state index >= 15 is 0 Å². The molecule has 0 saturated heterocycles. The normalized spacial score (nSPS) is 13.8. The van der Waals surface area contributed by atoms with Gasteiger partial charge in [0.2, 0.25) is 0 Å². The zero-order chi connectivity index (χ0) is 12.0. The maximum absolute atomic E-state index is 11.8. The van der Waals surface area contributed by atoms with Crippen molar-refractivity contribution in [2.75, 3.05) is 13.1 Å². The first kappa shape index (κ1) is 13.0. The van der Waals surface area contributed by atoms with E-state index < -0.39 is 12.6 Å². The molecule has 0 aromatic heterocycles. The Hall–Kier alpha value is -1.07. The molecular weight excluding hydrogens is 217 g/mol. The molecule has 0 heterocycles. The van der Waals surface area contributed by atoms with Crippen LogP contribution in [0, 0.1) is 0 Å². The van der Waals surface area contributed by atoms with E-state index in [0.717, 1.165) is 5.56 Å². The highest BCUT2D eigenvalue weighted by Gasteiger charge is 2.25. The van der Waals surface area contributed by atoms with E-state index in [-0.39, 0.29) is 12.6 Å². The lowest BCUT2D eigenvalue weighted by molar-refractivity contribution is -0.133. The molecule has 0 spiro atoms. The Bertz CT molecular complexity index is 298. The maximum Gasteiger partial charge on any atom is 0.390 e. The summed E-state index contributed by atoms with van der Waals surface area (Å²) in [5.74, 6) is 0. The molecule has 0 bridgehead atoms. The van der Waals surface area contributed by atoms with Gasteiger partial charge in [0.05, 0.1) is 6.42 Å². The van der Waals surface area contributed by atoms with Crippen LogP contribution in [0.2, 0.25) is 0 Å². The molecule has 5 heteroatoms. The van der Waals surface area contributed by atoms with Gasteiger partial charge in [-0.1, -0.05) is 30.3 Å². The molecule has 0 fully saturated rings. The van der Waals surface area contributed by atoms with Crippen molar-refractivity contribution in [3.63, 3.8) is 0 Å². The van der Waals surface area contributed by atoms with Crippen LogP contribution in [0.15, 0.2) is 30.3 Å². The second-order valence-corrected chi connectivity index (χ2v) is 3.59. The molecule has 0 aliphatic heterocycles. The molecule has 16 heavy (non-hydrogen) atoms. The summed E-state index contributed by atoms with van der Waals surface area (Å²) in [5.41, 5.74) is 6.72. The number of nitrogens with two attached hydrogens (primary N) is 1. The monoisotopic (exact) mass is 232 g/mol. The van der Waals surface area contributed by atoms with Crippen molar-refractivity contribution in [3.05, 3.63) is 35.9 Å². The molecule has 0 aliphatic rings. The molecule has 2 nitrogen and oxygen atoms in total. The van der Waals surface area contributed by atoms with Gasteiger partial charge in [0.15, 0.2) is 0 Å². The topological polar surface area (TPSA) is 38.0 Å². The average Bonchev–Trinajstić information content (AvgIpc) is 2.24. The van der Waals surface area contributed by atoms with Crippen molar-refractivity contribution in [3.8, 4) is 0 Å². The van der Waals surface area contributed by atoms with Crippen LogP contribution >= 0.6 is 0 Å². The van der Waals surface area contributed by atoms with Gasteiger partial charge in [0, 0.05) is 19.1 Å². The van der Waals surface area contributed by atoms with E-state index in [1.165, 1.54) is 0 Å². The van der Waals surface area contributed by atoms with E-state index in [2.05, 4.69) is 5.32 Å². The van der Waals surface area contributed by atoms with Crippen LogP contribution in [-0.2, 0) is 0 Å². The fraction of sp³-hybridized carbons (Fsp3) is 0.455. The summed E-state index contributed by atoms with van der Waals surface area (Å²) in [5, 5.41) is 2.70. The molecule has 0 radical (unpaired) electrons. The first-order valence-electron chi connectivity index (χ1n) is 5.07. The van der Waals surface area contributed by atoms with E-state index in [1.54, 1.807) is 0 Å². The van der Waals surface area contributed by atoms with Crippen molar-refractivity contribution in [1.29, 1.82) is 0 Å². The second kappa shape index (κ2) is 5.86. The molecule has 0 amide bonds. The van der Waals surface area contributed by atoms with Gasteiger partial charge in [-0.15, -0.1) is 0 Å². The summed E-state index contributed by atoms with van der Waals surface area (Å²) in [4.78, 5) is 0. The summed E-state index contributed by atoms with van der Waals surface area (Å²) in [6, 6.07) is 9.02. The lowest BCUT2D eigenvalue weighted by atomic mass is 10.1. The van der Waals surface area contributed by atoms with Crippen molar-refractivity contribution < 1.29 is 13.2 Å². The van der Waals surface area contributed by atoms with Crippen LogP contribution in [0.3, 0.4) is 0 Å². The minimum Gasteiger partial charge on any atom is -0.323 e. The quantitative estimate of drug-likeness (QED) is 0.764. The van der Waals surface area contributed by atoms with Crippen molar-refractivity contribution in [2.24, 2.45) is 5.73 Å². The van der Waals surface area contributed by atoms with Gasteiger partial charge in [-0.3, -0.25) is 0 Å². The minimum absolute atomic E-state index is 0.0932. The Morgan fingerprint density at radius 2 is 1.81 bits per heavy atom. The fourth-order valence-corrected chi connectivity index (χ4v) is 1.31. The Morgan fingerprint density at radius 3 is 2.38 bits per heavy atom. The molecule has 1 aromatic rings. The average molecular weight is 232 g/mol. The third-order valence-electron chi connectivity index (χ3n) is 2.18. The predicted octanol–water partition coefficient (Wildman–Crippen LogP) is 2.23. The van der Waals surface area contributed by atoms with Crippen LogP contribution in [-0.4, -0.2) is 19.3 Å². The fourth-order valence-electron chi connectivity index (χ4n) is 1.31. The van der Waals surface area contributed by atoms with E-state index in [1.807, 2.05) is 30.3 Å². The second-order valence-electron chi connectivity index (χ2n) is 3.59. The molecule has 0 saturated carbocycles. The van der Waals surface area contributed by atoms with Crippen LogP contribution in [0.4, 0.5) is 13.2 Å². The zero-order valence-corrected chi connectivity index (χ0v) is 8.80. The molecule has 3 N–H and O–H groups in total. The van der Waals surface area contributed by atoms with Gasteiger partial charge in [-0.05, 0) is 5.56 Å². The smallest absolute Gasteiger partial charge is 0.323 e. The predicted molar refractivity (Wildman–Crippen MR) is 56.9 cm³/mol. The molecule has 0 aliphatic carbocycles. The Morgan fingerprint density at radius 1 is 1.19 bits per heavy atom. The van der Waals surface area contributed by atoms with Crippen LogP contribution in [0.1, 0.15) is 18.0 Å². The van der Waals surface area contributed by atoms with Gasteiger partial charge in [0.25, 0.3) is 0 Å². The summed E-state index contributed by atoms with van der Waals surface area (Å²) in [6.45, 7) is 0.254. The zero-order valence-electron chi connectivity index (χ0n) is 8.80. The SMILES string of the molecule is NC(CNCCC(F)(F)F)c1ccccc1. The molecule has 1 rings (SSSR count). The number of benzene rings is 1. The third kappa shape index (κ3) is 5.14. The Kier molecular flexibility index (Phi) is 4.76. The van der Waals surface area contributed by atoms with Crippen molar-refractivity contribution in [2.45, 2.75) is 18.6 Å². The molecule has 90 valence electrons. The number of nitrogens with one attached hydrogen (secondary N) is 1. The Labute approximate surface area is 92.6 Å². The first-order chi connectivity index (χ1) is 7.49. The van der Waals surface area contributed by atoms with Gasteiger partial charge in [0.1, 0.15) is 0 Å². The highest BCUT2D eigenvalue weighted by atomic mass is 19.4. The van der Waals surface area contributed by atoms with Gasteiger partial charge >= 0.3 is 6.18 Å². The standard InChI is InChI=1S/C11H15F3N2/c12-11(13,14)6-7-16-8-10(15)9-4-2-1-3-5-9/h1-5,10,16H,6-8,15H2. The molecule has 1 aromatic carbocycles. The number of hydrogen-bond acceptors (Lipinski definition) is 2. The first-order valence-corrected chi connectivity index (χ1v) is 5.07. The summed E-state index contributed by atoms with van der Waals surface area (Å²) >= 11 is 0. The van der Waals surface area contributed by atoms with E-state index in [9.17, 15) is 13.2 Å². The highest BCUT2D eigenvalue weighted by molar-refractivity contribution is 5.18. The number of hydrogen-bond donors (Lipinski definition) is 2. The third-order valence-corrected chi connectivity index (χ3v) is 2.18. The number of halogens is 3. The van der Waals surface area contributed by atoms with Gasteiger partial charge in [-0.25, -0.2) is 0 Å². The largest absolute Gasteiger partial charge is 0.390 e. The number of rotatable bonds is 5. The van der Waals surface area contributed by atoms with Crippen molar-refractivity contribution in [1.82, 2.24) is 5.32 Å². The van der Waals surface area contributed by atoms with E-state index in [4.69, 9.17) is 5.73 Å². The van der Waals surface area contributed by atoms with Crippen molar-refractivity contribution >= 4 is 0 Å². The van der Waals surface area contributed by atoms with Crippen LogP contribution in [0.25, 0.3) is 0 Å². The van der Waals surface area contributed by atoms with E-state index in [0.29, 0.717) is 6.54 Å². The van der Waals surface area contributed by atoms with Crippen LogP contribution < -0.4 is 11.1 Å². The Balaban J connectivity index is 2.24. The number of alkyl halides is 3. The molecule has 1 unspecified atom stereocenters. The van der Waals surface area contributed by atoms with Gasteiger partial charge in [-0.2, -0.15) is 13.2 Å². The lowest BCUT2D eigenvalue weighted by Gasteiger charge is -2.13. The lowest BCUT2D eigenvalue weighted by Crippen LogP contribution is -2.29. The maximum atomic E-state index is 11.8. The summed E-state index contributed by atoms with van der Waals surface area (Å²) < 4.78 is 35.5. The highest BCUT2D eigenvalue weighted by Crippen LogP contribution is 2.18. The summed E-state index contributed by atoms with van der Waals surface area (Å²) in [6.07, 6.45) is -4.93. The molecular formula is C11H15F3N2. The molecule has 1 atom stereocenters. The van der Waals surface area contributed by atoms with Gasteiger partial charge < -0.3 is 11.1 Å². The minimum atomic E-state index is -4.11. The van der Waals surface area contributed by atoms with Crippen LogP contribution in [0.5, 0.6) is 0 Å². The summed E-state index contributed by atoms with van der Waals surface area (Å²) in [7, 11) is 0.